The van der Waals surface area contributed by atoms with Gasteiger partial charge in [-0.25, -0.2) is 0 Å². The van der Waals surface area contributed by atoms with Gasteiger partial charge in [-0.05, 0) is 234 Å². The molecule has 0 radical (unpaired) electrons. The van der Waals surface area contributed by atoms with Crippen LogP contribution in [0.3, 0.4) is 0 Å². The van der Waals surface area contributed by atoms with Crippen LogP contribution in [0, 0.1) is 0 Å². The molecule has 0 bridgehead atoms. The van der Waals surface area contributed by atoms with Crippen LogP contribution in [0.25, 0.3) is 122 Å². The summed E-state index contributed by atoms with van der Waals surface area (Å²) in [5.74, 6) is 0. The summed E-state index contributed by atoms with van der Waals surface area (Å²) >= 11 is 0. The monoisotopic (exact) mass is 1400 g/mol. The number of hydrogen-bond donors (Lipinski definition) is 0. The molecule has 518 valence electrons. The molecule has 4 heteroatoms. The van der Waals surface area contributed by atoms with Crippen molar-refractivity contribution in [2.45, 2.75) is 24.7 Å². The predicted octanol–water partition coefficient (Wildman–Crippen LogP) is 28.2. The lowest BCUT2D eigenvalue weighted by molar-refractivity contribution is 0.660. The first-order chi connectivity index (χ1) is 54.3. The zero-order chi connectivity index (χ0) is 73.0. The van der Waals surface area contributed by atoms with Gasteiger partial charge in [0.1, 0.15) is 0 Å². The van der Waals surface area contributed by atoms with E-state index in [1.54, 1.807) is 0 Å². The van der Waals surface area contributed by atoms with E-state index < -0.39 is 5.41 Å². The van der Waals surface area contributed by atoms with Gasteiger partial charge >= 0.3 is 0 Å². The van der Waals surface area contributed by atoms with E-state index in [0.717, 1.165) is 56.6 Å². The minimum absolute atomic E-state index is 0.305. The van der Waals surface area contributed by atoms with Gasteiger partial charge < -0.3 is 18.9 Å². The van der Waals surface area contributed by atoms with E-state index in [1.807, 2.05) is 0 Å². The highest BCUT2D eigenvalue weighted by molar-refractivity contribution is 6.18. The van der Waals surface area contributed by atoms with E-state index in [4.69, 9.17) is 0 Å². The minimum atomic E-state index is -0.516. The Bertz CT molecular complexity index is 6610. The molecule has 4 nitrogen and oxygen atoms in total. The third-order valence-electron chi connectivity index (χ3n) is 23.6. The number of para-hydroxylation sites is 3. The fraction of sp³-hybridized carbons (Fsp3) is 0.0377. The third kappa shape index (κ3) is 10.2. The van der Waals surface area contributed by atoms with Crippen molar-refractivity contribution in [2.75, 3.05) is 9.80 Å². The summed E-state index contributed by atoms with van der Waals surface area (Å²) in [6.07, 6.45) is 0. The Morgan fingerprint density at radius 1 is 0.218 bits per heavy atom. The van der Waals surface area contributed by atoms with Gasteiger partial charge in [0.2, 0.25) is 0 Å². The van der Waals surface area contributed by atoms with Gasteiger partial charge in [0, 0.05) is 72.5 Å². The Hall–Kier alpha value is -14.1. The van der Waals surface area contributed by atoms with E-state index in [1.165, 1.54) is 133 Å². The fourth-order valence-corrected chi connectivity index (χ4v) is 18.6. The first-order valence-corrected chi connectivity index (χ1v) is 38.2. The number of benzene rings is 17. The topological polar surface area (TPSA) is 16.3 Å². The maximum Gasteiger partial charge on any atom is 0.0714 e. The van der Waals surface area contributed by atoms with Crippen molar-refractivity contribution in [1.82, 2.24) is 9.13 Å². The van der Waals surface area contributed by atoms with Crippen LogP contribution in [-0.2, 0) is 10.8 Å². The summed E-state index contributed by atoms with van der Waals surface area (Å²) in [6.45, 7) is 4.81. The molecule has 0 aliphatic heterocycles. The molecule has 19 aromatic rings. The zero-order valence-corrected chi connectivity index (χ0v) is 61.0. The Morgan fingerprint density at radius 3 is 1.17 bits per heavy atom. The van der Waals surface area contributed by atoms with Crippen LogP contribution in [0.1, 0.15) is 47.2 Å². The van der Waals surface area contributed by atoms with Gasteiger partial charge in [0.15, 0.2) is 0 Å². The van der Waals surface area contributed by atoms with Gasteiger partial charge in [-0.15, -0.1) is 0 Å². The molecule has 2 heterocycles. The summed E-state index contributed by atoms with van der Waals surface area (Å²) in [6, 6.07) is 153. The number of fused-ring (bicyclic) bond motifs is 12. The minimum Gasteiger partial charge on any atom is -0.310 e. The second-order valence-corrected chi connectivity index (χ2v) is 29.9. The van der Waals surface area contributed by atoms with E-state index in [0.29, 0.717) is 0 Å². The number of anilines is 6. The van der Waals surface area contributed by atoms with Gasteiger partial charge in [-0.3, -0.25) is 0 Å². The third-order valence-corrected chi connectivity index (χ3v) is 23.6. The molecule has 2 aromatic heterocycles. The molecule has 0 saturated heterocycles. The second-order valence-electron chi connectivity index (χ2n) is 29.9. The van der Waals surface area contributed by atoms with Crippen LogP contribution in [0.5, 0.6) is 0 Å². The standard InChI is InChI=1S/C106H74N4/c1-105(2)96-44-25-41-89(103(96)91-64-62-85(69-97(91)105)108(80-37-19-8-20-38-80)82-57-59-84(60-58-82)109-100-65-51-75(71-27-9-3-10-28-71)67-93(100)94-68-76(52-66-101(94)109)72-29-11-4-12-30-72)90-42-26-46-102-104(90)92-40-22-24-45-99(92)110(102)83-55-49-74(50-56-83)73-47-53-81(54-48-73)107(79-35-17-7-18-36-79)86-61-63-88-87-39-21-23-43-95(87)106(98(88)70-86,77-31-13-5-14-32-77)78-33-15-6-16-34-78/h3-70H,1-2H3. The molecule has 0 fully saturated rings. The Labute approximate surface area is 641 Å². The van der Waals surface area contributed by atoms with Crippen LogP contribution in [0.4, 0.5) is 34.1 Å². The number of aromatic nitrogens is 2. The highest BCUT2D eigenvalue weighted by atomic mass is 15.1. The summed E-state index contributed by atoms with van der Waals surface area (Å²) in [5.41, 5.74) is 35.0. The summed E-state index contributed by atoms with van der Waals surface area (Å²) in [4.78, 5) is 4.83. The number of rotatable bonds is 14. The second kappa shape index (κ2) is 25.9. The summed E-state index contributed by atoms with van der Waals surface area (Å²) < 4.78 is 4.90. The van der Waals surface area contributed by atoms with Crippen molar-refractivity contribution in [1.29, 1.82) is 0 Å². The van der Waals surface area contributed by atoms with Crippen LogP contribution < -0.4 is 9.80 Å². The van der Waals surface area contributed by atoms with E-state index in [9.17, 15) is 0 Å². The molecule has 0 unspecified atom stereocenters. The van der Waals surface area contributed by atoms with Gasteiger partial charge in [-0.1, -0.05) is 293 Å². The van der Waals surface area contributed by atoms with Crippen molar-refractivity contribution >= 4 is 77.7 Å². The molecule has 2 aliphatic rings. The molecule has 0 saturated carbocycles. The number of nitrogens with zero attached hydrogens (tertiary/aromatic N) is 4. The van der Waals surface area contributed by atoms with Gasteiger partial charge in [-0.2, -0.15) is 0 Å². The van der Waals surface area contributed by atoms with Crippen LogP contribution >= 0.6 is 0 Å². The molecular weight excluding hydrogens is 1330 g/mol. The molecule has 0 amide bonds. The largest absolute Gasteiger partial charge is 0.310 e. The molecule has 0 N–H and O–H groups in total. The van der Waals surface area contributed by atoms with E-state index in [2.05, 4.69) is 445 Å². The average molecular weight is 1400 g/mol. The quantitative estimate of drug-likeness (QED) is 0.108. The van der Waals surface area contributed by atoms with Crippen molar-refractivity contribution in [3.63, 3.8) is 0 Å². The van der Waals surface area contributed by atoms with Crippen LogP contribution in [-0.4, -0.2) is 9.13 Å². The summed E-state index contributed by atoms with van der Waals surface area (Å²) in [5, 5.41) is 4.92. The van der Waals surface area contributed by atoms with Crippen molar-refractivity contribution in [3.8, 4) is 78.1 Å². The molecule has 0 atom stereocenters. The van der Waals surface area contributed by atoms with Gasteiger partial charge in [0.05, 0.1) is 27.5 Å². The maximum atomic E-state index is 2.46. The zero-order valence-electron chi connectivity index (χ0n) is 61.0. The van der Waals surface area contributed by atoms with Crippen molar-refractivity contribution in [3.05, 3.63) is 446 Å². The van der Waals surface area contributed by atoms with Crippen LogP contribution in [0.2, 0.25) is 0 Å². The average Bonchev–Trinajstić information content (AvgIpc) is 1.90. The van der Waals surface area contributed by atoms with E-state index in [-0.39, 0.29) is 5.41 Å². The van der Waals surface area contributed by atoms with Crippen molar-refractivity contribution in [2.24, 2.45) is 0 Å². The highest BCUT2D eigenvalue weighted by Crippen LogP contribution is 2.59. The molecule has 0 spiro atoms. The lowest BCUT2D eigenvalue weighted by atomic mass is 9.67. The molecule has 17 aromatic carbocycles. The van der Waals surface area contributed by atoms with Gasteiger partial charge in [0.25, 0.3) is 0 Å². The maximum absolute atomic E-state index is 2.46. The molecule has 2 aliphatic carbocycles. The Kier molecular flexibility index (Phi) is 15.1. The predicted molar refractivity (Wildman–Crippen MR) is 461 cm³/mol. The first kappa shape index (κ1) is 64.3. The normalized spacial score (nSPS) is 13.0. The lowest BCUT2D eigenvalue weighted by Crippen LogP contribution is -2.28. The lowest BCUT2D eigenvalue weighted by Gasteiger charge is -2.35. The Morgan fingerprint density at radius 2 is 0.591 bits per heavy atom. The van der Waals surface area contributed by atoms with Crippen molar-refractivity contribution < 1.29 is 0 Å². The fourth-order valence-electron chi connectivity index (χ4n) is 18.6. The number of hydrogen-bond acceptors (Lipinski definition) is 2. The molecular formula is C106H74N4. The van der Waals surface area contributed by atoms with E-state index >= 15 is 0 Å². The van der Waals surface area contributed by atoms with Crippen LogP contribution in [0.15, 0.2) is 413 Å². The molecule has 110 heavy (non-hydrogen) atoms. The Balaban J connectivity index is 0.612. The smallest absolute Gasteiger partial charge is 0.0714 e. The molecule has 21 rings (SSSR count). The highest BCUT2D eigenvalue weighted by Gasteiger charge is 2.46. The SMILES string of the molecule is CC1(C)c2cc(N(c3ccccc3)c3ccc(-n4c5ccc(-c6ccccc6)cc5c5cc(-c6ccccc6)ccc54)cc3)ccc2-c2c(-c3cccc4c3c3ccccc3n4-c3ccc(-c4ccc(N(c5ccccc5)c5ccc6c(c5)C(c5ccccc5)(c5ccccc5)c5ccccc5-6)cc4)cc3)cccc21. The summed E-state index contributed by atoms with van der Waals surface area (Å²) in [7, 11) is 0. The first-order valence-electron chi connectivity index (χ1n) is 38.2.